The lowest BCUT2D eigenvalue weighted by Gasteiger charge is -2.29. The van der Waals surface area contributed by atoms with E-state index in [1.807, 2.05) is 6.07 Å². The first-order valence-corrected chi connectivity index (χ1v) is 8.76. The Morgan fingerprint density at radius 1 is 1.28 bits per heavy atom. The number of hydrogen-bond acceptors (Lipinski definition) is 6. The van der Waals surface area contributed by atoms with Gasteiger partial charge < -0.3 is 10.1 Å². The highest BCUT2D eigenvalue weighted by Crippen LogP contribution is 2.27. The van der Waals surface area contributed by atoms with E-state index in [-0.39, 0.29) is 23.9 Å². The molecule has 0 bridgehead atoms. The minimum atomic E-state index is -0.298. The van der Waals surface area contributed by atoms with Gasteiger partial charge in [-0.2, -0.15) is 10.4 Å². The number of ether oxygens (including phenoxy) is 1. The molecule has 1 amide bonds. The molecule has 2 aromatic rings. The zero-order valence-corrected chi connectivity index (χ0v) is 14.9. The molecule has 7 nitrogen and oxygen atoms in total. The largest absolute Gasteiger partial charge is 0.490 e. The van der Waals surface area contributed by atoms with E-state index in [9.17, 15) is 4.79 Å². The van der Waals surface area contributed by atoms with Crippen LogP contribution in [0.3, 0.4) is 0 Å². The zero-order chi connectivity index (χ0) is 17.6. The summed E-state index contributed by atoms with van der Waals surface area (Å²) in [6.07, 6.45) is 6.32. The number of carbonyl (C=O) groups excluding carboxylic acids is 1. The second kappa shape index (κ2) is 8.03. The highest BCUT2D eigenvalue weighted by Gasteiger charge is 2.24. The third-order valence-electron chi connectivity index (χ3n) is 4.06. The number of aromatic nitrogens is 3. The number of halogens is 1. The van der Waals surface area contributed by atoms with Crippen molar-refractivity contribution in [1.82, 2.24) is 20.5 Å². The van der Waals surface area contributed by atoms with Crippen LogP contribution in [-0.2, 0) is 0 Å². The van der Waals surface area contributed by atoms with Crippen molar-refractivity contribution in [2.24, 2.45) is 0 Å². The van der Waals surface area contributed by atoms with Gasteiger partial charge in [0.1, 0.15) is 11.8 Å². The molecule has 0 unspecified atom stereocenters. The van der Waals surface area contributed by atoms with Crippen LogP contribution in [0.1, 0.15) is 41.9 Å². The molecular formula is C17H16BrN5O2. The first kappa shape index (κ1) is 17.3. The Morgan fingerprint density at radius 2 is 2.08 bits per heavy atom. The lowest BCUT2D eigenvalue weighted by Crippen LogP contribution is -2.40. The van der Waals surface area contributed by atoms with E-state index < -0.39 is 0 Å². The van der Waals surface area contributed by atoms with Crippen LogP contribution in [0.2, 0.25) is 0 Å². The lowest BCUT2D eigenvalue weighted by molar-refractivity contribution is 0.0882. The minimum absolute atomic E-state index is 0.0864. The number of hydrogen-bond donors (Lipinski definition) is 1. The van der Waals surface area contributed by atoms with Crippen molar-refractivity contribution in [3.63, 3.8) is 0 Å². The molecule has 0 spiro atoms. The molecule has 8 heteroatoms. The van der Waals surface area contributed by atoms with Gasteiger partial charge in [-0.3, -0.25) is 4.79 Å². The zero-order valence-electron chi connectivity index (χ0n) is 13.4. The van der Waals surface area contributed by atoms with Crippen LogP contribution in [-0.4, -0.2) is 33.2 Å². The summed E-state index contributed by atoms with van der Waals surface area (Å²) in [6, 6.07) is 7.54. The lowest BCUT2D eigenvalue weighted by atomic mass is 9.93. The Hall–Kier alpha value is -2.53. The van der Waals surface area contributed by atoms with Crippen LogP contribution in [0.5, 0.6) is 5.75 Å². The number of benzene rings is 1. The first-order chi connectivity index (χ1) is 12.2. The van der Waals surface area contributed by atoms with Gasteiger partial charge in [-0.1, -0.05) is 0 Å². The summed E-state index contributed by atoms with van der Waals surface area (Å²) < 4.78 is 6.71. The maximum Gasteiger partial charge on any atom is 0.291 e. The Morgan fingerprint density at radius 3 is 2.72 bits per heavy atom. The van der Waals surface area contributed by atoms with Crippen molar-refractivity contribution in [2.45, 2.75) is 37.8 Å². The Balaban J connectivity index is 1.50. The summed E-state index contributed by atoms with van der Waals surface area (Å²) in [6.45, 7) is 0. The molecular weight excluding hydrogens is 386 g/mol. The van der Waals surface area contributed by atoms with Crippen molar-refractivity contribution in [1.29, 1.82) is 5.26 Å². The molecule has 1 aliphatic carbocycles. The molecule has 1 heterocycles. The molecule has 1 saturated carbocycles. The highest BCUT2D eigenvalue weighted by atomic mass is 79.9. The van der Waals surface area contributed by atoms with Gasteiger partial charge in [-0.05, 0) is 59.8 Å². The monoisotopic (exact) mass is 401 g/mol. The van der Waals surface area contributed by atoms with Crippen LogP contribution in [0, 0.1) is 11.3 Å². The Kier molecular flexibility index (Phi) is 5.56. The number of nitriles is 1. The van der Waals surface area contributed by atoms with Crippen molar-refractivity contribution >= 4 is 21.8 Å². The van der Waals surface area contributed by atoms with Gasteiger partial charge in [0.25, 0.3) is 5.91 Å². The summed E-state index contributed by atoms with van der Waals surface area (Å²) in [4.78, 5) is 15.9. The summed E-state index contributed by atoms with van der Waals surface area (Å²) in [7, 11) is 0. The number of nitrogens with zero attached hydrogens (tertiary/aromatic N) is 4. The van der Waals surface area contributed by atoms with Gasteiger partial charge >= 0.3 is 0 Å². The molecule has 3 rings (SSSR count). The average molecular weight is 402 g/mol. The van der Waals surface area contributed by atoms with Gasteiger partial charge in [-0.25, -0.2) is 4.98 Å². The topological polar surface area (TPSA) is 101 Å². The van der Waals surface area contributed by atoms with Crippen molar-refractivity contribution in [2.75, 3.05) is 0 Å². The second-order valence-corrected chi connectivity index (χ2v) is 6.64. The van der Waals surface area contributed by atoms with Crippen molar-refractivity contribution in [3.05, 3.63) is 46.5 Å². The molecule has 0 atom stereocenters. The normalized spacial score (nSPS) is 19.7. The molecule has 1 N–H and O–H groups in total. The minimum Gasteiger partial charge on any atom is -0.490 e. The van der Waals surface area contributed by atoms with E-state index in [4.69, 9.17) is 10.00 Å². The third-order valence-corrected chi connectivity index (χ3v) is 4.71. The van der Waals surface area contributed by atoms with Crippen molar-refractivity contribution < 1.29 is 9.53 Å². The van der Waals surface area contributed by atoms with Crippen LogP contribution in [0.15, 0.2) is 35.1 Å². The van der Waals surface area contributed by atoms with Crippen LogP contribution < -0.4 is 10.1 Å². The molecule has 1 aromatic carbocycles. The first-order valence-electron chi connectivity index (χ1n) is 7.96. The number of nitrogens with one attached hydrogen (secondary N) is 1. The SMILES string of the molecule is N#Cc1ccc(O[C@H]2CC[C@H](NC(=O)c3nccnn3)CC2)cc1Br. The molecule has 1 aromatic heterocycles. The van der Waals surface area contributed by atoms with Gasteiger partial charge in [-0.15, -0.1) is 5.10 Å². The van der Waals surface area contributed by atoms with Gasteiger partial charge in [0.2, 0.25) is 5.82 Å². The molecule has 25 heavy (non-hydrogen) atoms. The highest BCUT2D eigenvalue weighted by molar-refractivity contribution is 9.10. The molecule has 0 saturated heterocycles. The van der Waals surface area contributed by atoms with E-state index in [0.29, 0.717) is 5.56 Å². The van der Waals surface area contributed by atoms with Crippen molar-refractivity contribution in [3.8, 4) is 11.8 Å². The average Bonchev–Trinajstić information content (AvgIpc) is 2.64. The van der Waals surface area contributed by atoms with E-state index >= 15 is 0 Å². The van der Waals surface area contributed by atoms with E-state index in [1.165, 1.54) is 12.4 Å². The van der Waals surface area contributed by atoms with Crippen LogP contribution in [0.4, 0.5) is 0 Å². The fraction of sp³-hybridized carbons (Fsp3) is 0.353. The summed E-state index contributed by atoms with van der Waals surface area (Å²) >= 11 is 3.36. The van der Waals surface area contributed by atoms with Crippen LogP contribution in [0.25, 0.3) is 0 Å². The predicted octanol–water partition coefficient (Wildman–Crippen LogP) is 2.63. The predicted molar refractivity (Wildman–Crippen MR) is 92.8 cm³/mol. The molecule has 1 aliphatic rings. The fourth-order valence-electron chi connectivity index (χ4n) is 2.78. The smallest absolute Gasteiger partial charge is 0.291 e. The molecule has 0 radical (unpaired) electrons. The fourth-order valence-corrected chi connectivity index (χ4v) is 3.23. The third kappa shape index (κ3) is 4.51. The van der Waals surface area contributed by atoms with Gasteiger partial charge in [0.05, 0.1) is 17.9 Å². The standard InChI is InChI=1S/C17H16BrN5O2/c18-15-9-14(4-1-11(15)10-19)25-13-5-2-12(3-6-13)22-17(24)16-20-7-8-21-23-16/h1,4,7-9,12-13H,2-3,5-6H2,(H,22,24)/t12-,13-. The van der Waals surface area contributed by atoms with E-state index in [1.54, 1.807) is 12.1 Å². The summed E-state index contributed by atoms with van der Waals surface area (Å²) in [5, 5.41) is 19.3. The summed E-state index contributed by atoms with van der Waals surface area (Å²) in [5.41, 5.74) is 0.580. The second-order valence-electron chi connectivity index (χ2n) is 5.78. The molecule has 0 aliphatic heterocycles. The quantitative estimate of drug-likeness (QED) is 0.844. The Bertz CT molecular complexity index is 785. The van der Waals surface area contributed by atoms with Crippen LogP contribution >= 0.6 is 15.9 Å². The maximum atomic E-state index is 12.0. The number of rotatable bonds is 4. The summed E-state index contributed by atoms with van der Waals surface area (Å²) in [5.74, 6) is 0.527. The van der Waals surface area contributed by atoms with E-state index in [2.05, 4.69) is 42.5 Å². The number of amides is 1. The maximum absolute atomic E-state index is 12.0. The Labute approximate surface area is 153 Å². The molecule has 1 fully saturated rings. The van der Waals surface area contributed by atoms with E-state index in [0.717, 1.165) is 35.9 Å². The number of carbonyl (C=O) groups is 1. The van der Waals surface area contributed by atoms with Gasteiger partial charge in [0.15, 0.2) is 0 Å². The molecule has 128 valence electrons. The van der Waals surface area contributed by atoms with Gasteiger partial charge in [0, 0.05) is 16.7 Å².